The van der Waals surface area contributed by atoms with Crippen LogP contribution in [0.15, 0.2) is 5.38 Å². The van der Waals surface area contributed by atoms with E-state index in [4.69, 9.17) is 5.73 Å². The standard InChI is InChI=1S/C15H20N4O4S/c1-9(20)19-8-15(6-11(19)13(22)23)2-4-18(5-3-15)14-17-10(7-24-14)12(16)21/h7,11H,2-6,8H2,1H3,(H2,16,21)(H,22,23)/t11-/m0/s1. The Hall–Kier alpha value is -2.16. The SMILES string of the molecule is CC(=O)N1CC2(CCN(c3nc(C(N)=O)cs3)CC2)C[C@H]1C(=O)O. The van der Waals surface area contributed by atoms with E-state index in [1.165, 1.54) is 23.2 Å². The fraction of sp³-hybridized carbons (Fsp3) is 0.600. The summed E-state index contributed by atoms with van der Waals surface area (Å²) >= 11 is 1.38. The molecule has 1 atom stereocenters. The summed E-state index contributed by atoms with van der Waals surface area (Å²) in [6.07, 6.45) is 2.10. The molecule has 3 heterocycles. The number of anilines is 1. The third kappa shape index (κ3) is 2.95. The molecule has 2 saturated heterocycles. The Morgan fingerprint density at radius 3 is 2.50 bits per heavy atom. The van der Waals surface area contributed by atoms with Crippen LogP contribution in [0.25, 0.3) is 0 Å². The van der Waals surface area contributed by atoms with Gasteiger partial charge in [0.05, 0.1) is 0 Å². The summed E-state index contributed by atoms with van der Waals surface area (Å²) in [6, 6.07) is -0.727. The monoisotopic (exact) mass is 352 g/mol. The largest absolute Gasteiger partial charge is 0.480 e. The first-order valence-electron chi connectivity index (χ1n) is 7.82. The van der Waals surface area contributed by atoms with E-state index in [-0.39, 0.29) is 17.0 Å². The summed E-state index contributed by atoms with van der Waals surface area (Å²) < 4.78 is 0. The number of likely N-dealkylation sites (tertiary alicyclic amines) is 1. The van der Waals surface area contributed by atoms with Gasteiger partial charge in [0.15, 0.2) is 5.13 Å². The number of aliphatic carboxylic acids is 1. The highest BCUT2D eigenvalue weighted by atomic mass is 32.1. The molecular weight excluding hydrogens is 332 g/mol. The Labute approximate surface area is 143 Å². The van der Waals surface area contributed by atoms with Crippen molar-refractivity contribution in [3.05, 3.63) is 11.1 Å². The van der Waals surface area contributed by atoms with Crippen molar-refractivity contribution in [2.75, 3.05) is 24.5 Å². The lowest BCUT2D eigenvalue weighted by atomic mass is 9.76. The zero-order valence-corrected chi connectivity index (χ0v) is 14.2. The molecule has 0 unspecified atom stereocenters. The molecule has 2 aliphatic rings. The van der Waals surface area contributed by atoms with Gasteiger partial charge in [0.1, 0.15) is 11.7 Å². The Morgan fingerprint density at radius 1 is 1.38 bits per heavy atom. The number of thiazole rings is 1. The Bertz CT molecular complexity index is 657. The Kier molecular flexibility index (Phi) is 4.20. The van der Waals surface area contributed by atoms with Crippen molar-refractivity contribution in [1.29, 1.82) is 0 Å². The van der Waals surface area contributed by atoms with Crippen molar-refractivity contribution in [1.82, 2.24) is 9.88 Å². The Morgan fingerprint density at radius 2 is 2.04 bits per heavy atom. The topological polar surface area (TPSA) is 117 Å². The van der Waals surface area contributed by atoms with E-state index in [9.17, 15) is 19.5 Å². The average molecular weight is 352 g/mol. The van der Waals surface area contributed by atoms with Gasteiger partial charge in [-0.1, -0.05) is 0 Å². The van der Waals surface area contributed by atoms with Crippen LogP contribution in [0.4, 0.5) is 5.13 Å². The molecule has 1 spiro atoms. The molecule has 2 amide bonds. The van der Waals surface area contributed by atoms with Gasteiger partial charge in [-0.25, -0.2) is 9.78 Å². The van der Waals surface area contributed by atoms with Gasteiger partial charge in [-0.2, -0.15) is 0 Å². The molecule has 0 aromatic carbocycles. The molecule has 0 radical (unpaired) electrons. The summed E-state index contributed by atoms with van der Waals surface area (Å²) in [7, 11) is 0. The number of carbonyl (C=O) groups excluding carboxylic acids is 2. The quantitative estimate of drug-likeness (QED) is 0.820. The molecule has 0 saturated carbocycles. The highest BCUT2D eigenvalue weighted by Crippen LogP contribution is 2.44. The maximum Gasteiger partial charge on any atom is 0.326 e. The highest BCUT2D eigenvalue weighted by Gasteiger charge is 2.49. The van der Waals surface area contributed by atoms with Gasteiger partial charge >= 0.3 is 5.97 Å². The zero-order chi connectivity index (χ0) is 17.5. The molecule has 1 aromatic rings. The van der Waals surface area contributed by atoms with Crippen molar-refractivity contribution in [3.63, 3.8) is 0 Å². The van der Waals surface area contributed by atoms with Gasteiger partial charge in [-0.05, 0) is 24.7 Å². The number of carboxylic acids is 1. The van der Waals surface area contributed by atoms with E-state index in [0.717, 1.165) is 31.1 Å². The zero-order valence-electron chi connectivity index (χ0n) is 13.4. The highest BCUT2D eigenvalue weighted by molar-refractivity contribution is 7.13. The molecule has 0 aliphatic carbocycles. The lowest BCUT2D eigenvalue weighted by Gasteiger charge is -2.39. The second kappa shape index (κ2) is 6.04. The third-order valence-corrected chi connectivity index (χ3v) is 5.94. The minimum Gasteiger partial charge on any atom is -0.480 e. The molecule has 3 N–H and O–H groups in total. The molecular formula is C15H20N4O4S. The fourth-order valence-electron chi connectivity index (χ4n) is 3.67. The molecule has 0 bridgehead atoms. The van der Waals surface area contributed by atoms with Crippen LogP contribution in [0.5, 0.6) is 0 Å². The lowest BCUT2D eigenvalue weighted by molar-refractivity contribution is -0.147. The van der Waals surface area contributed by atoms with E-state index in [1.54, 1.807) is 5.38 Å². The first-order chi connectivity index (χ1) is 11.3. The van der Waals surface area contributed by atoms with Gasteiger partial charge in [-0.3, -0.25) is 9.59 Å². The smallest absolute Gasteiger partial charge is 0.326 e. The molecule has 2 fully saturated rings. The van der Waals surface area contributed by atoms with E-state index in [1.807, 2.05) is 0 Å². The molecule has 1 aromatic heterocycles. The van der Waals surface area contributed by atoms with Crippen molar-refractivity contribution >= 4 is 34.3 Å². The first kappa shape index (κ1) is 16.7. The van der Waals surface area contributed by atoms with Crippen molar-refractivity contribution in [3.8, 4) is 0 Å². The van der Waals surface area contributed by atoms with Gasteiger partial charge < -0.3 is 20.6 Å². The van der Waals surface area contributed by atoms with E-state index in [2.05, 4.69) is 9.88 Å². The van der Waals surface area contributed by atoms with Crippen LogP contribution in [-0.4, -0.2) is 58.5 Å². The van der Waals surface area contributed by atoms with Gasteiger partial charge in [0.25, 0.3) is 5.91 Å². The van der Waals surface area contributed by atoms with Gasteiger partial charge in [0, 0.05) is 31.9 Å². The fourth-order valence-corrected chi connectivity index (χ4v) is 4.53. The van der Waals surface area contributed by atoms with Gasteiger partial charge in [-0.15, -0.1) is 11.3 Å². The van der Waals surface area contributed by atoms with Crippen molar-refractivity contribution < 1.29 is 19.5 Å². The van der Waals surface area contributed by atoms with Crippen LogP contribution < -0.4 is 10.6 Å². The first-order valence-corrected chi connectivity index (χ1v) is 8.70. The number of rotatable bonds is 3. The summed E-state index contributed by atoms with van der Waals surface area (Å²) in [6.45, 7) is 3.37. The van der Waals surface area contributed by atoms with E-state index in [0.29, 0.717) is 13.0 Å². The van der Waals surface area contributed by atoms with E-state index >= 15 is 0 Å². The Balaban J connectivity index is 1.69. The van der Waals surface area contributed by atoms with Crippen LogP contribution in [0, 0.1) is 5.41 Å². The molecule has 8 nitrogen and oxygen atoms in total. The number of amides is 2. The van der Waals surface area contributed by atoms with Crippen molar-refractivity contribution in [2.24, 2.45) is 11.1 Å². The second-order valence-corrected chi connectivity index (χ2v) is 7.41. The van der Waals surface area contributed by atoms with Crippen LogP contribution in [0.3, 0.4) is 0 Å². The van der Waals surface area contributed by atoms with Crippen molar-refractivity contribution in [2.45, 2.75) is 32.2 Å². The number of carbonyl (C=O) groups is 3. The molecule has 24 heavy (non-hydrogen) atoms. The number of primary amides is 1. The predicted molar refractivity (Wildman–Crippen MR) is 87.9 cm³/mol. The predicted octanol–water partition coefficient (Wildman–Crippen LogP) is 0.534. The normalized spacial score (nSPS) is 22.8. The number of hydrogen-bond acceptors (Lipinski definition) is 6. The number of piperidine rings is 1. The number of carboxylic acid groups (broad SMARTS) is 1. The minimum absolute atomic E-state index is 0.144. The number of nitrogens with zero attached hydrogens (tertiary/aromatic N) is 3. The number of hydrogen-bond donors (Lipinski definition) is 2. The second-order valence-electron chi connectivity index (χ2n) is 6.57. The van der Waals surface area contributed by atoms with E-state index < -0.39 is 17.9 Å². The lowest BCUT2D eigenvalue weighted by Crippen LogP contribution is -2.42. The maximum atomic E-state index is 11.7. The molecule has 9 heteroatoms. The van der Waals surface area contributed by atoms with Crippen LogP contribution >= 0.6 is 11.3 Å². The van der Waals surface area contributed by atoms with Crippen LogP contribution in [0.1, 0.15) is 36.7 Å². The number of nitrogens with two attached hydrogens (primary N) is 1. The summed E-state index contributed by atoms with van der Waals surface area (Å²) in [5.41, 5.74) is 5.36. The number of aromatic nitrogens is 1. The molecule has 130 valence electrons. The van der Waals surface area contributed by atoms with Crippen LogP contribution in [0.2, 0.25) is 0 Å². The average Bonchev–Trinajstić information content (AvgIpc) is 3.14. The summed E-state index contributed by atoms with van der Waals surface area (Å²) in [5.74, 6) is -1.66. The van der Waals surface area contributed by atoms with Gasteiger partial charge in [0.2, 0.25) is 5.91 Å². The third-order valence-electron chi connectivity index (χ3n) is 5.04. The minimum atomic E-state index is -0.935. The summed E-state index contributed by atoms with van der Waals surface area (Å²) in [5, 5.41) is 11.8. The summed E-state index contributed by atoms with van der Waals surface area (Å²) in [4.78, 5) is 42.2. The molecule has 2 aliphatic heterocycles. The molecule has 3 rings (SSSR count). The maximum absolute atomic E-state index is 11.7. The van der Waals surface area contributed by atoms with Crippen LogP contribution in [-0.2, 0) is 9.59 Å².